The van der Waals surface area contributed by atoms with Crippen LogP contribution in [-0.2, 0) is 9.59 Å². The second-order valence-corrected chi connectivity index (χ2v) is 4.45. The van der Waals surface area contributed by atoms with Gasteiger partial charge in [0.05, 0.1) is 18.7 Å². The molecule has 1 aromatic carbocycles. The molecule has 1 amide bonds. The lowest BCUT2D eigenvalue weighted by Gasteiger charge is -2.24. The number of carboxylic acid groups (broad SMARTS) is 1. The van der Waals surface area contributed by atoms with Gasteiger partial charge < -0.3 is 10.2 Å². The Morgan fingerprint density at radius 3 is 2.53 bits per heavy atom. The van der Waals surface area contributed by atoms with Crippen LogP contribution in [0, 0.1) is 5.41 Å². The summed E-state index contributed by atoms with van der Waals surface area (Å²) in [6.45, 7) is -0.587. The van der Waals surface area contributed by atoms with E-state index in [2.05, 4.69) is 5.10 Å². The summed E-state index contributed by atoms with van der Waals surface area (Å²) in [7, 11) is 1.45. The van der Waals surface area contributed by atoms with Gasteiger partial charge in [-0.3, -0.25) is 9.59 Å². The van der Waals surface area contributed by atoms with Crippen molar-refractivity contribution < 1.29 is 19.8 Å². The van der Waals surface area contributed by atoms with Crippen molar-refractivity contribution in [3.05, 3.63) is 35.9 Å². The monoisotopic (exact) mass is 262 g/mol. The maximum atomic E-state index is 12.2. The van der Waals surface area contributed by atoms with E-state index in [-0.39, 0.29) is 0 Å². The zero-order valence-corrected chi connectivity index (χ0v) is 10.4. The molecule has 2 rings (SSSR count). The number of nitrogens with zero attached hydrogens (tertiary/aromatic N) is 2. The van der Waals surface area contributed by atoms with Crippen molar-refractivity contribution >= 4 is 17.6 Å². The number of hydrazone groups is 1. The number of rotatable bonds is 4. The van der Waals surface area contributed by atoms with Gasteiger partial charge in [-0.25, -0.2) is 5.01 Å². The Labute approximate surface area is 110 Å². The predicted molar refractivity (Wildman–Crippen MR) is 67.5 cm³/mol. The van der Waals surface area contributed by atoms with E-state index >= 15 is 0 Å². The Balaban J connectivity index is 2.53. The highest BCUT2D eigenvalue weighted by Crippen LogP contribution is 2.35. The topological polar surface area (TPSA) is 90.2 Å². The summed E-state index contributed by atoms with van der Waals surface area (Å²) in [5, 5.41) is 23.8. The first-order valence-corrected chi connectivity index (χ1v) is 5.76. The lowest BCUT2D eigenvalue weighted by atomic mass is 9.77. The van der Waals surface area contributed by atoms with Crippen LogP contribution in [0.25, 0.3) is 0 Å². The number of hydrogen-bond acceptors (Lipinski definition) is 4. The van der Waals surface area contributed by atoms with Gasteiger partial charge >= 0.3 is 5.97 Å². The number of carbonyl (C=O) groups is 2. The van der Waals surface area contributed by atoms with Crippen LogP contribution in [0.5, 0.6) is 0 Å². The second kappa shape index (κ2) is 4.81. The van der Waals surface area contributed by atoms with Crippen molar-refractivity contribution in [3.63, 3.8) is 0 Å². The van der Waals surface area contributed by atoms with Crippen LogP contribution in [0.15, 0.2) is 35.4 Å². The Hall–Kier alpha value is -2.21. The molecule has 1 aromatic rings. The molecule has 1 heterocycles. The smallest absolute Gasteiger partial charge is 0.304 e. The number of aliphatic hydroxyl groups is 1. The van der Waals surface area contributed by atoms with Gasteiger partial charge in [-0.1, -0.05) is 30.3 Å². The van der Waals surface area contributed by atoms with Gasteiger partial charge in [-0.05, 0) is 5.56 Å². The quantitative estimate of drug-likeness (QED) is 0.817. The lowest BCUT2D eigenvalue weighted by Crippen LogP contribution is -2.44. The Morgan fingerprint density at radius 1 is 1.37 bits per heavy atom. The first kappa shape index (κ1) is 13.2. The molecule has 1 aliphatic heterocycles. The fourth-order valence-electron chi connectivity index (χ4n) is 2.25. The molecule has 100 valence electrons. The van der Waals surface area contributed by atoms with Crippen LogP contribution in [-0.4, -0.2) is 46.5 Å². The molecule has 0 radical (unpaired) electrons. The highest BCUT2D eigenvalue weighted by Gasteiger charge is 2.51. The third kappa shape index (κ3) is 2.10. The van der Waals surface area contributed by atoms with Gasteiger partial charge in [0.1, 0.15) is 5.41 Å². The van der Waals surface area contributed by atoms with E-state index < -0.39 is 30.3 Å². The van der Waals surface area contributed by atoms with E-state index in [0.717, 1.165) is 5.01 Å². The van der Waals surface area contributed by atoms with E-state index in [1.165, 1.54) is 7.05 Å². The number of aliphatic carboxylic acids is 1. The lowest BCUT2D eigenvalue weighted by molar-refractivity contribution is -0.146. The summed E-state index contributed by atoms with van der Waals surface area (Å²) < 4.78 is 0. The fourth-order valence-corrected chi connectivity index (χ4v) is 2.25. The standard InChI is InChI=1S/C13H14N2O4/c1-15-12(19)13(8-16,7-10(17)18)11(14-15)9-5-3-2-4-6-9/h2-6,16H,7-8H2,1H3,(H,17,18). The van der Waals surface area contributed by atoms with Crippen LogP contribution in [0.1, 0.15) is 12.0 Å². The molecule has 1 aliphatic rings. The van der Waals surface area contributed by atoms with Crippen LogP contribution in [0.2, 0.25) is 0 Å². The zero-order valence-electron chi connectivity index (χ0n) is 10.4. The summed E-state index contributed by atoms with van der Waals surface area (Å²) in [6, 6.07) is 8.81. The normalized spacial score (nSPS) is 22.5. The Kier molecular flexibility index (Phi) is 3.35. The van der Waals surface area contributed by atoms with Crippen LogP contribution < -0.4 is 0 Å². The average molecular weight is 262 g/mol. The first-order valence-electron chi connectivity index (χ1n) is 5.76. The van der Waals surface area contributed by atoms with Gasteiger partial charge in [-0.2, -0.15) is 5.10 Å². The summed E-state index contributed by atoms with van der Waals surface area (Å²) in [5.74, 6) is -1.66. The van der Waals surface area contributed by atoms with Crippen LogP contribution in [0.3, 0.4) is 0 Å². The molecule has 0 aliphatic carbocycles. The summed E-state index contributed by atoms with van der Waals surface area (Å²) in [4.78, 5) is 23.2. The second-order valence-electron chi connectivity index (χ2n) is 4.45. The van der Waals surface area contributed by atoms with Crippen molar-refractivity contribution in [2.24, 2.45) is 10.5 Å². The Bertz CT molecular complexity index is 541. The van der Waals surface area contributed by atoms with Crippen molar-refractivity contribution in [2.75, 3.05) is 13.7 Å². The molecule has 0 aromatic heterocycles. The molecular formula is C13H14N2O4. The molecule has 0 fully saturated rings. The van der Waals surface area contributed by atoms with Gasteiger partial charge in [0.15, 0.2) is 0 Å². The largest absolute Gasteiger partial charge is 0.481 e. The molecule has 6 heteroatoms. The molecule has 0 saturated carbocycles. The number of carboxylic acids is 1. The van der Waals surface area contributed by atoms with E-state index in [4.69, 9.17) is 5.11 Å². The molecule has 2 N–H and O–H groups in total. The average Bonchev–Trinajstić information content (AvgIpc) is 2.64. The summed E-state index contributed by atoms with van der Waals surface area (Å²) in [5.41, 5.74) is -0.567. The van der Waals surface area contributed by atoms with E-state index in [1.54, 1.807) is 24.3 Å². The molecule has 19 heavy (non-hydrogen) atoms. The number of carbonyl (C=O) groups excluding carboxylic acids is 1. The first-order chi connectivity index (χ1) is 9.01. The van der Waals surface area contributed by atoms with Gasteiger partial charge in [-0.15, -0.1) is 0 Å². The van der Waals surface area contributed by atoms with Gasteiger partial charge in [0, 0.05) is 7.05 Å². The molecule has 1 atom stereocenters. The highest BCUT2D eigenvalue weighted by molar-refractivity contribution is 6.21. The SMILES string of the molecule is CN1N=C(c2ccccc2)C(CO)(CC(=O)O)C1=O. The fraction of sp³-hybridized carbons (Fsp3) is 0.308. The number of amides is 1. The minimum Gasteiger partial charge on any atom is -0.481 e. The number of aliphatic hydroxyl groups excluding tert-OH is 1. The third-order valence-corrected chi connectivity index (χ3v) is 3.18. The van der Waals surface area contributed by atoms with Crippen LogP contribution in [0.4, 0.5) is 0 Å². The molecule has 0 spiro atoms. The minimum atomic E-state index is -1.50. The number of hydrogen-bond donors (Lipinski definition) is 2. The number of benzene rings is 1. The summed E-state index contributed by atoms with van der Waals surface area (Å²) in [6.07, 6.45) is -0.486. The molecule has 0 bridgehead atoms. The van der Waals surface area contributed by atoms with Crippen molar-refractivity contribution in [1.82, 2.24) is 5.01 Å². The van der Waals surface area contributed by atoms with Gasteiger partial charge in [0.25, 0.3) is 5.91 Å². The van der Waals surface area contributed by atoms with E-state index in [0.29, 0.717) is 11.3 Å². The molecular weight excluding hydrogens is 248 g/mol. The zero-order chi connectivity index (χ0) is 14.0. The van der Waals surface area contributed by atoms with E-state index in [1.807, 2.05) is 6.07 Å². The molecule has 6 nitrogen and oxygen atoms in total. The van der Waals surface area contributed by atoms with Crippen molar-refractivity contribution in [1.29, 1.82) is 0 Å². The highest BCUT2D eigenvalue weighted by atomic mass is 16.4. The molecule has 1 unspecified atom stereocenters. The maximum absolute atomic E-state index is 12.2. The van der Waals surface area contributed by atoms with Crippen LogP contribution >= 0.6 is 0 Å². The van der Waals surface area contributed by atoms with Crippen molar-refractivity contribution in [2.45, 2.75) is 6.42 Å². The summed E-state index contributed by atoms with van der Waals surface area (Å²) >= 11 is 0. The van der Waals surface area contributed by atoms with Crippen molar-refractivity contribution in [3.8, 4) is 0 Å². The predicted octanol–water partition coefficient (Wildman–Crippen LogP) is 0.316. The third-order valence-electron chi connectivity index (χ3n) is 3.18. The minimum absolute atomic E-state index is 0.297. The van der Waals surface area contributed by atoms with E-state index in [9.17, 15) is 14.7 Å². The molecule has 0 saturated heterocycles. The van der Waals surface area contributed by atoms with Gasteiger partial charge in [0.2, 0.25) is 0 Å². The Morgan fingerprint density at radius 2 is 2.00 bits per heavy atom. The maximum Gasteiger partial charge on any atom is 0.304 e.